The van der Waals surface area contributed by atoms with Crippen molar-refractivity contribution in [2.75, 3.05) is 13.1 Å². The molecule has 0 amide bonds. The fourth-order valence-corrected chi connectivity index (χ4v) is 4.23. The first-order chi connectivity index (χ1) is 9.24. The summed E-state index contributed by atoms with van der Waals surface area (Å²) in [6, 6.07) is 0.151. The lowest BCUT2D eigenvalue weighted by atomic mass is 9.78. The quantitative estimate of drug-likeness (QED) is 0.777. The zero-order chi connectivity index (χ0) is 15.0. The fourth-order valence-electron chi connectivity index (χ4n) is 2.82. The molecule has 6 nitrogen and oxygen atoms in total. The number of nitrogens with one attached hydrogen (secondary N) is 3. The molecule has 1 aromatic heterocycles. The number of halogens is 1. The molecule has 21 heavy (non-hydrogen) atoms. The second-order valence-electron chi connectivity index (χ2n) is 6.21. The molecule has 1 aliphatic rings. The van der Waals surface area contributed by atoms with Crippen LogP contribution in [0.25, 0.3) is 0 Å². The van der Waals surface area contributed by atoms with E-state index >= 15 is 0 Å². The minimum atomic E-state index is -3.51. The van der Waals surface area contributed by atoms with Crippen LogP contribution in [0.3, 0.4) is 0 Å². The van der Waals surface area contributed by atoms with Gasteiger partial charge in [-0.2, -0.15) is 5.10 Å². The Morgan fingerprint density at radius 2 is 2.05 bits per heavy atom. The summed E-state index contributed by atoms with van der Waals surface area (Å²) < 4.78 is 27.5. The number of nitrogens with zero attached hydrogens (tertiary/aromatic N) is 1. The zero-order valence-corrected chi connectivity index (χ0v) is 14.6. The maximum absolute atomic E-state index is 12.4. The van der Waals surface area contributed by atoms with Crippen LogP contribution in [-0.2, 0) is 10.0 Å². The summed E-state index contributed by atoms with van der Waals surface area (Å²) in [5.41, 5.74) is 1.18. The number of piperidine rings is 1. The van der Waals surface area contributed by atoms with Crippen LogP contribution in [0.1, 0.15) is 38.1 Å². The highest BCUT2D eigenvalue weighted by Gasteiger charge is 2.33. The van der Waals surface area contributed by atoms with Crippen molar-refractivity contribution in [1.82, 2.24) is 20.2 Å². The van der Waals surface area contributed by atoms with Crippen LogP contribution in [0, 0.1) is 19.3 Å². The Morgan fingerprint density at radius 1 is 1.38 bits per heavy atom. The number of hydrogen-bond donors (Lipinski definition) is 3. The van der Waals surface area contributed by atoms with Gasteiger partial charge in [0.15, 0.2) is 0 Å². The molecule has 8 heteroatoms. The van der Waals surface area contributed by atoms with Crippen LogP contribution in [0.2, 0.25) is 0 Å². The van der Waals surface area contributed by atoms with Gasteiger partial charge >= 0.3 is 0 Å². The van der Waals surface area contributed by atoms with Crippen molar-refractivity contribution in [3.8, 4) is 0 Å². The van der Waals surface area contributed by atoms with Crippen LogP contribution in [0.15, 0.2) is 4.90 Å². The molecule has 1 saturated heterocycles. The lowest BCUT2D eigenvalue weighted by Gasteiger charge is -2.39. The molecular weight excluding hydrogens is 312 g/mol. The van der Waals surface area contributed by atoms with E-state index in [1.54, 1.807) is 13.8 Å². The number of aryl methyl sites for hydroxylation is 2. The van der Waals surface area contributed by atoms with Gasteiger partial charge in [-0.05, 0) is 38.6 Å². The normalized spacial score (nSPS) is 21.8. The van der Waals surface area contributed by atoms with E-state index in [4.69, 9.17) is 0 Å². The van der Waals surface area contributed by atoms with Crippen molar-refractivity contribution in [3.63, 3.8) is 0 Å². The number of aromatic nitrogens is 2. The molecule has 122 valence electrons. The molecule has 1 aromatic rings. The van der Waals surface area contributed by atoms with Crippen molar-refractivity contribution in [1.29, 1.82) is 0 Å². The molecule has 1 unspecified atom stereocenters. The third kappa shape index (κ3) is 3.97. The second kappa shape index (κ2) is 6.64. The lowest BCUT2D eigenvalue weighted by Crippen LogP contribution is -2.52. The summed E-state index contributed by atoms with van der Waals surface area (Å²) >= 11 is 0. The first-order valence-corrected chi connectivity index (χ1v) is 8.47. The molecular formula is C13H25ClN4O2S. The minimum Gasteiger partial charge on any atom is -0.312 e. The lowest BCUT2D eigenvalue weighted by molar-refractivity contribution is 0.181. The van der Waals surface area contributed by atoms with Gasteiger partial charge in [0, 0.05) is 12.6 Å². The van der Waals surface area contributed by atoms with E-state index in [0.717, 1.165) is 19.4 Å². The standard InChI is InChI=1S/C13H24N4O2S.ClH/c1-9-12(10(2)17-16-9)20(18,19)15-8-11-13(3,4)6-5-7-14-11;/h11,14-15H,5-8H2,1-4H3,(H,16,17);1H. The van der Waals surface area contributed by atoms with Crippen LogP contribution < -0.4 is 10.0 Å². The van der Waals surface area contributed by atoms with Gasteiger partial charge in [0.25, 0.3) is 0 Å². The minimum absolute atomic E-state index is 0. The van der Waals surface area contributed by atoms with Gasteiger partial charge in [-0.3, -0.25) is 5.10 Å². The Bertz CT molecular complexity index is 563. The highest BCUT2D eigenvalue weighted by atomic mass is 35.5. The maximum atomic E-state index is 12.4. The van der Waals surface area contributed by atoms with E-state index in [1.165, 1.54) is 0 Å². The van der Waals surface area contributed by atoms with E-state index < -0.39 is 10.0 Å². The van der Waals surface area contributed by atoms with Crippen molar-refractivity contribution >= 4 is 22.4 Å². The first kappa shape index (κ1) is 18.4. The van der Waals surface area contributed by atoms with E-state index in [-0.39, 0.29) is 28.8 Å². The van der Waals surface area contributed by atoms with Crippen LogP contribution in [0.4, 0.5) is 0 Å². The van der Waals surface area contributed by atoms with Crippen molar-refractivity contribution in [2.24, 2.45) is 5.41 Å². The summed E-state index contributed by atoms with van der Waals surface area (Å²) in [4.78, 5) is 0.270. The van der Waals surface area contributed by atoms with Gasteiger partial charge in [0.05, 0.1) is 11.4 Å². The maximum Gasteiger partial charge on any atom is 0.244 e. The first-order valence-electron chi connectivity index (χ1n) is 6.99. The summed E-state index contributed by atoms with van der Waals surface area (Å²) in [5.74, 6) is 0. The molecule has 1 atom stereocenters. The van der Waals surface area contributed by atoms with Crippen LogP contribution in [-0.4, -0.2) is 37.7 Å². The number of hydrogen-bond acceptors (Lipinski definition) is 4. The molecule has 1 fully saturated rings. The molecule has 0 radical (unpaired) electrons. The summed E-state index contributed by atoms with van der Waals surface area (Å²) in [6.45, 7) is 9.11. The molecule has 1 aliphatic heterocycles. The molecule has 2 heterocycles. The largest absolute Gasteiger partial charge is 0.312 e. The molecule has 0 aliphatic carbocycles. The number of sulfonamides is 1. The number of aromatic amines is 1. The Morgan fingerprint density at radius 3 is 2.57 bits per heavy atom. The fraction of sp³-hybridized carbons (Fsp3) is 0.769. The van der Waals surface area contributed by atoms with Crippen molar-refractivity contribution < 1.29 is 8.42 Å². The SMILES string of the molecule is Cc1n[nH]c(C)c1S(=O)(=O)NCC1NCCCC1(C)C.Cl. The predicted octanol–water partition coefficient (Wildman–Crippen LogP) is 1.50. The third-order valence-corrected chi connectivity index (χ3v) is 5.82. The van der Waals surface area contributed by atoms with Gasteiger partial charge in [-0.15, -0.1) is 12.4 Å². The molecule has 0 aromatic carbocycles. The predicted molar refractivity (Wildman–Crippen MR) is 85.3 cm³/mol. The Labute approximate surface area is 132 Å². The van der Waals surface area contributed by atoms with Gasteiger partial charge in [0.1, 0.15) is 4.90 Å². The molecule has 3 N–H and O–H groups in total. The zero-order valence-electron chi connectivity index (χ0n) is 13.0. The van der Waals surface area contributed by atoms with Gasteiger partial charge in [0.2, 0.25) is 10.0 Å². The smallest absolute Gasteiger partial charge is 0.244 e. The monoisotopic (exact) mass is 336 g/mol. The summed E-state index contributed by atoms with van der Waals surface area (Å²) in [7, 11) is -3.51. The Kier molecular flexibility index (Phi) is 5.83. The molecule has 2 rings (SSSR count). The molecule has 0 spiro atoms. The third-order valence-electron chi connectivity index (χ3n) is 4.14. The van der Waals surface area contributed by atoms with Gasteiger partial charge in [-0.25, -0.2) is 13.1 Å². The second-order valence-corrected chi connectivity index (χ2v) is 7.92. The average Bonchev–Trinajstić information content (AvgIpc) is 2.67. The Balaban J connectivity index is 0.00000220. The van der Waals surface area contributed by atoms with Crippen LogP contribution in [0.5, 0.6) is 0 Å². The topological polar surface area (TPSA) is 86.9 Å². The van der Waals surface area contributed by atoms with E-state index in [9.17, 15) is 8.42 Å². The summed E-state index contributed by atoms with van der Waals surface area (Å²) in [6.07, 6.45) is 2.24. The van der Waals surface area contributed by atoms with E-state index in [2.05, 4.69) is 34.1 Å². The van der Waals surface area contributed by atoms with Gasteiger partial charge in [-0.1, -0.05) is 13.8 Å². The summed E-state index contributed by atoms with van der Waals surface area (Å²) in [5, 5.41) is 10.1. The highest BCUT2D eigenvalue weighted by molar-refractivity contribution is 7.89. The Hall–Kier alpha value is -0.630. The van der Waals surface area contributed by atoms with E-state index in [0.29, 0.717) is 17.9 Å². The molecule has 0 bridgehead atoms. The van der Waals surface area contributed by atoms with Crippen molar-refractivity contribution in [2.45, 2.75) is 51.5 Å². The van der Waals surface area contributed by atoms with Crippen molar-refractivity contribution in [3.05, 3.63) is 11.4 Å². The average molecular weight is 337 g/mol. The highest BCUT2D eigenvalue weighted by Crippen LogP contribution is 2.30. The number of rotatable bonds is 4. The number of H-pyrrole nitrogens is 1. The van der Waals surface area contributed by atoms with Gasteiger partial charge < -0.3 is 5.32 Å². The van der Waals surface area contributed by atoms with E-state index in [1.807, 2.05) is 0 Å². The molecule has 0 saturated carbocycles. The van der Waals surface area contributed by atoms with Crippen LogP contribution >= 0.6 is 12.4 Å².